The number of benzene rings is 2. The first-order valence-electron chi connectivity index (χ1n) is 8.72. The van der Waals surface area contributed by atoms with E-state index in [0.29, 0.717) is 42.0 Å². The van der Waals surface area contributed by atoms with Crippen LogP contribution in [0, 0.1) is 0 Å². The second-order valence-electron chi connectivity index (χ2n) is 6.51. The first-order chi connectivity index (χ1) is 13.5. The Kier molecular flexibility index (Phi) is 5.33. The Morgan fingerprint density at radius 2 is 2.00 bits per heavy atom. The molecule has 0 radical (unpaired) electrons. The monoisotopic (exact) mass is 436 g/mol. The number of nitrogens with zero attached hydrogens (tertiary/aromatic N) is 3. The fraction of sp³-hybridized carbons (Fsp3) is 0.278. The van der Waals surface area contributed by atoms with Gasteiger partial charge in [-0.15, -0.1) is 0 Å². The van der Waals surface area contributed by atoms with Crippen LogP contribution in [0.2, 0.25) is 5.02 Å². The molecule has 2 heterocycles. The third-order valence-corrected chi connectivity index (χ3v) is 7.46. The number of sulfonamides is 1. The Morgan fingerprint density at radius 1 is 1.21 bits per heavy atom. The number of halogens is 1. The van der Waals surface area contributed by atoms with Crippen LogP contribution in [0.4, 0.5) is 0 Å². The van der Waals surface area contributed by atoms with Crippen molar-refractivity contribution < 1.29 is 13.2 Å². The highest BCUT2D eigenvalue weighted by Gasteiger charge is 2.40. The van der Waals surface area contributed by atoms with Gasteiger partial charge in [0.15, 0.2) is 0 Å². The van der Waals surface area contributed by atoms with Gasteiger partial charge in [0.1, 0.15) is 22.0 Å². The van der Waals surface area contributed by atoms with Crippen LogP contribution in [-0.2, 0) is 21.4 Å². The molecular formula is C18H17ClN4O3S2. The van der Waals surface area contributed by atoms with E-state index in [1.165, 1.54) is 10.4 Å². The molecule has 0 bridgehead atoms. The predicted molar refractivity (Wildman–Crippen MR) is 108 cm³/mol. The van der Waals surface area contributed by atoms with E-state index < -0.39 is 16.1 Å². The molecular weight excluding hydrogens is 420 g/mol. The van der Waals surface area contributed by atoms with Crippen molar-refractivity contribution in [3.8, 4) is 0 Å². The molecule has 10 heteroatoms. The van der Waals surface area contributed by atoms with Crippen LogP contribution in [-0.4, -0.2) is 40.0 Å². The lowest BCUT2D eigenvalue weighted by molar-refractivity contribution is -0.124. The molecule has 1 saturated heterocycles. The lowest BCUT2D eigenvalue weighted by Gasteiger charge is -2.23. The number of rotatable bonds is 5. The minimum Gasteiger partial charge on any atom is -0.351 e. The van der Waals surface area contributed by atoms with Gasteiger partial charge in [0.2, 0.25) is 15.9 Å². The van der Waals surface area contributed by atoms with Gasteiger partial charge in [0.25, 0.3) is 0 Å². The number of amides is 1. The van der Waals surface area contributed by atoms with Gasteiger partial charge >= 0.3 is 0 Å². The van der Waals surface area contributed by atoms with E-state index in [4.69, 9.17) is 11.6 Å². The molecule has 1 aromatic heterocycles. The van der Waals surface area contributed by atoms with Crippen molar-refractivity contribution in [2.45, 2.75) is 30.3 Å². The van der Waals surface area contributed by atoms with Crippen LogP contribution >= 0.6 is 23.3 Å². The normalized spacial score (nSPS) is 17.8. The summed E-state index contributed by atoms with van der Waals surface area (Å²) in [4.78, 5) is 12.8. The van der Waals surface area contributed by atoms with E-state index in [-0.39, 0.29) is 10.8 Å². The second kappa shape index (κ2) is 7.75. The lowest BCUT2D eigenvalue weighted by atomic mass is 10.2. The topological polar surface area (TPSA) is 92.3 Å². The summed E-state index contributed by atoms with van der Waals surface area (Å²) in [6.07, 6.45) is 1.11. The molecule has 146 valence electrons. The number of carbonyl (C=O) groups is 1. The Labute approximate surface area is 171 Å². The van der Waals surface area contributed by atoms with Crippen LogP contribution in [0.5, 0.6) is 0 Å². The van der Waals surface area contributed by atoms with Crippen LogP contribution < -0.4 is 5.32 Å². The van der Waals surface area contributed by atoms with Crippen molar-refractivity contribution in [3.63, 3.8) is 0 Å². The first kappa shape index (κ1) is 19.3. The summed E-state index contributed by atoms with van der Waals surface area (Å²) < 4.78 is 36.0. The lowest BCUT2D eigenvalue weighted by Crippen LogP contribution is -2.45. The summed E-state index contributed by atoms with van der Waals surface area (Å²) in [6.45, 7) is 0.612. The number of hydrogen-bond donors (Lipinski definition) is 1. The number of nitrogens with one attached hydrogen (secondary N) is 1. The fourth-order valence-corrected chi connectivity index (χ4v) is 5.85. The number of fused-ring (bicyclic) bond motifs is 1. The van der Waals surface area contributed by atoms with Crippen molar-refractivity contribution in [1.29, 1.82) is 0 Å². The third kappa shape index (κ3) is 3.62. The maximum Gasteiger partial charge on any atom is 0.246 e. The highest BCUT2D eigenvalue weighted by atomic mass is 35.5. The van der Waals surface area contributed by atoms with E-state index in [0.717, 1.165) is 17.3 Å². The summed E-state index contributed by atoms with van der Waals surface area (Å²) >= 11 is 6.84. The van der Waals surface area contributed by atoms with E-state index in [1.807, 2.05) is 12.1 Å². The molecule has 1 N–H and O–H groups in total. The van der Waals surface area contributed by atoms with Crippen molar-refractivity contribution in [3.05, 3.63) is 53.1 Å². The number of hydrogen-bond acceptors (Lipinski definition) is 6. The van der Waals surface area contributed by atoms with Crippen LogP contribution in [0.1, 0.15) is 18.4 Å². The summed E-state index contributed by atoms with van der Waals surface area (Å²) in [5.74, 6) is -0.306. The van der Waals surface area contributed by atoms with Crippen LogP contribution in [0.3, 0.4) is 0 Å². The number of aromatic nitrogens is 2. The molecule has 4 rings (SSSR count). The molecule has 7 nitrogen and oxygen atoms in total. The zero-order valence-electron chi connectivity index (χ0n) is 14.7. The van der Waals surface area contributed by atoms with Crippen molar-refractivity contribution in [2.75, 3.05) is 6.54 Å². The largest absolute Gasteiger partial charge is 0.351 e. The summed E-state index contributed by atoms with van der Waals surface area (Å²) in [5.41, 5.74) is 1.78. The molecule has 0 spiro atoms. The van der Waals surface area contributed by atoms with Gasteiger partial charge in [-0.25, -0.2) is 8.42 Å². The van der Waals surface area contributed by atoms with Crippen molar-refractivity contribution >= 4 is 50.3 Å². The molecule has 28 heavy (non-hydrogen) atoms. The average molecular weight is 437 g/mol. The maximum atomic E-state index is 13.2. The van der Waals surface area contributed by atoms with Gasteiger partial charge in [-0.1, -0.05) is 29.8 Å². The molecule has 1 atom stereocenters. The zero-order chi connectivity index (χ0) is 19.7. The van der Waals surface area contributed by atoms with Gasteiger partial charge in [-0.05, 0) is 42.7 Å². The molecule has 0 saturated carbocycles. The number of carbonyl (C=O) groups excluding carboxylic acids is 1. The third-order valence-electron chi connectivity index (χ3n) is 4.72. The molecule has 1 unspecified atom stereocenters. The molecule has 3 aromatic rings. The smallest absolute Gasteiger partial charge is 0.246 e. The van der Waals surface area contributed by atoms with E-state index >= 15 is 0 Å². The van der Waals surface area contributed by atoms with E-state index in [9.17, 15) is 13.2 Å². The zero-order valence-corrected chi connectivity index (χ0v) is 17.1. The minimum absolute atomic E-state index is 0.0937. The summed E-state index contributed by atoms with van der Waals surface area (Å²) in [6, 6.07) is 11.3. The van der Waals surface area contributed by atoms with E-state index in [1.54, 1.807) is 24.3 Å². The average Bonchev–Trinajstić information content (AvgIpc) is 3.36. The summed E-state index contributed by atoms with van der Waals surface area (Å²) in [7, 11) is -3.86. The van der Waals surface area contributed by atoms with Gasteiger partial charge in [0.05, 0.1) is 11.7 Å². The maximum absolute atomic E-state index is 13.2. The Balaban J connectivity index is 1.54. The highest BCUT2D eigenvalue weighted by molar-refractivity contribution is 7.89. The Hall–Kier alpha value is -2.07. The SMILES string of the molecule is O=C(NCc1ccc(Cl)cc1)C1CCCN1S(=O)(=O)c1cccc2nsnc12. The van der Waals surface area contributed by atoms with Crippen LogP contribution in [0.25, 0.3) is 11.0 Å². The fourth-order valence-electron chi connectivity index (χ4n) is 3.31. The predicted octanol–water partition coefficient (Wildman–Crippen LogP) is 2.81. The molecule has 1 aliphatic heterocycles. The van der Waals surface area contributed by atoms with Crippen molar-refractivity contribution in [1.82, 2.24) is 18.4 Å². The standard InChI is InChI=1S/C18H17ClN4O3S2/c19-13-8-6-12(7-9-13)11-20-18(24)15-4-2-10-23(15)28(25,26)16-5-1-3-14-17(16)22-27-21-14/h1,3,5-9,15H,2,4,10-11H2,(H,20,24). The first-order valence-corrected chi connectivity index (χ1v) is 11.3. The molecule has 1 fully saturated rings. The molecule has 1 aliphatic rings. The van der Waals surface area contributed by atoms with Gasteiger partial charge < -0.3 is 5.32 Å². The van der Waals surface area contributed by atoms with Gasteiger partial charge in [-0.2, -0.15) is 13.1 Å². The second-order valence-corrected chi connectivity index (χ2v) is 9.33. The van der Waals surface area contributed by atoms with Crippen LogP contribution in [0.15, 0.2) is 47.4 Å². The molecule has 0 aliphatic carbocycles. The highest BCUT2D eigenvalue weighted by Crippen LogP contribution is 2.30. The summed E-state index contributed by atoms with van der Waals surface area (Å²) in [5, 5.41) is 3.45. The quantitative estimate of drug-likeness (QED) is 0.663. The Morgan fingerprint density at radius 3 is 2.79 bits per heavy atom. The molecule has 2 aromatic carbocycles. The molecule has 1 amide bonds. The van der Waals surface area contributed by atoms with Crippen molar-refractivity contribution in [2.24, 2.45) is 0 Å². The minimum atomic E-state index is -3.86. The van der Waals surface area contributed by atoms with E-state index in [2.05, 4.69) is 14.1 Å². The van der Waals surface area contributed by atoms with Gasteiger partial charge in [-0.3, -0.25) is 4.79 Å². The Bertz CT molecular complexity index is 1120. The van der Waals surface area contributed by atoms with Gasteiger partial charge in [0, 0.05) is 18.1 Å².